The van der Waals surface area contributed by atoms with E-state index in [0.29, 0.717) is 11.5 Å². The minimum atomic E-state index is 0.360. The molecule has 1 unspecified atom stereocenters. The minimum absolute atomic E-state index is 0.360. The largest absolute Gasteiger partial charge is 0.311 e. The molecule has 1 aromatic rings. The second-order valence-electron chi connectivity index (χ2n) is 5.31. The molecule has 0 radical (unpaired) electrons. The van der Waals surface area contributed by atoms with E-state index in [4.69, 9.17) is 0 Å². The lowest BCUT2D eigenvalue weighted by Crippen LogP contribution is -2.55. The van der Waals surface area contributed by atoms with Gasteiger partial charge in [0.15, 0.2) is 0 Å². The summed E-state index contributed by atoms with van der Waals surface area (Å²) < 4.78 is 0. The van der Waals surface area contributed by atoms with Crippen LogP contribution in [0.15, 0.2) is 24.3 Å². The number of rotatable bonds is 3. The fraction of sp³-hybridized carbons (Fsp3) is 0.571. The first kappa shape index (κ1) is 10.7. The van der Waals surface area contributed by atoms with Gasteiger partial charge in [-0.2, -0.15) is 0 Å². The number of benzene rings is 1. The molecule has 1 heteroatoms. The lowest BCUT2D eigenvalue weighted by atomic mass is 9.83. The Kier molecular flexibility index (Phi) is 2.83. The highest BCUT2D eigenvalue weighted by atomic mass is 15.0. The first-order valence-corrected chi connectivity index (χ1v) is 5.93. The molecule has 1 heterocycles. The van der Waals surface area contributed by atoms with E-state index >= 15 is 0 Å². The summed E-state index contributed by atoms with van der Waals surface area (Å²) in [5.41, 5.74) is 3.25. The quantitative estimate of drug-likeness (QED) is 0.796. The van der Waals surface area contributed by atoms with Crippen molar-refractivity contribution >= 4 is 0 Å². The third-order valence-electron chi connectivity index (χ3n) is 3.47. The summed E-state index contributed by atoms with van der Waals surface area (Å²) in [6.45, 7) is 7.97. The van der Waals surface area contributed by atoms with Crippen LogP contribution in [0, 0.1) is 0 Å². The van der Waals surface area contributed by atoms with Gasteiger partial charge >= 0.3 is 0 Å². The maximum absolute atomic E-state index is 3.51. The van der Waals surface area contributed by atoms with E-state index in [1.807, 2.05) is 0 Å². The molecule has 82 valence electrons. The Morgan fingerprint density at radius 1 is 1.27 bits per heavy atom. The third kappa shape index (κ3) is 2.40. The van der Waals surface area contributed by atoms with Crippen LogP contribution in [0.3, 0.4) is 0 Å². The molecule has 0 spiro atoms. The van der Waals surface area contributed by atoms with Crippen molar-refractivity contribution in [1.82, 2.24) is 5.32 Å². The van der Waals surface area contributed by atoms with Crippen LogP contribution in [-0.4, -0.2) is 12.1 Å². The summed E-state index contributed by atoms with van der Waals surface area (Å²) in [4.78, 5) is 0. The van der Waals surface area contributed by atoms with Crippen molar-refractivity contribution in [3.05, 3.63) is 35.4 Å². The van der Waals surface area contributed by atoms with E-state index < -0.39 is 0 Å². The normalized spacial score (nSPS) is 25.3. The van der Waals surface area contributed by atoms with Gasteiger partial charge in [-0.3, -0.25) is 0 Å². The molecule has 0 aliphatic carbocycles. The predicted octanol–water partition coefficient (Wildman–Crippen LogP) is 3.10. The molecule has 1 fully saturated rings. The Morgan fingerprint density at radius 2 is 1.87 bits per heavy atom. The molecule has 1 atom stereocenters. The molecule has 1 aromatic carbocycles. The summed E-state index contributed by atoms with van der Waals surface area (Å²) in [5.74, 6) is 0.636. The second kappa shape index (κ2) is 3.97. The fourth-order valence-electron chi connectivity index (χ4n) is 2.17. The highest BCUT2D eigenvalue weighted by Crippen LogP contribution is 2.24. The molecule has 0 amide bonds. The van der Waals surface area contributed by atoms with Crippen LogP contribution in [0.1, 0.15) is 44.2 Å². The standard InChI is InChI=1S/C14H21N/c1-11(2)13-6-4-12(5-7-13)10-14(3)8-9-15-14/h4-7,11,15H,8-10H2,1-3H3. The third-order valence-corrected chi connectivity index (χ3v) is 3.47. The molecule has 1 aliphatic rings. The highest BCUT2D eigenvalue weighted by molar-refractivity contribution is 5.26. The van der Waals surface area contributed by atoms with Crippen LogP contribution >= 0.6 is 0 Å². The van der Waals surface area contributed by atoms with Crippen LogP contribution in [-0.2, 0) is 6.42 Å². The Hall–Kier alpha value is -0.820. The van der Waals surface area contributed by atoms with Gasteiger partial charge in [0.05, 0.1) is 0 Å². The molecule has 0 aromatic heterocycles. The Bertz CT molecular complexity index is 320. The topological polar surface area (TPSA) is 12.0 Å². The van der Waals surface area contributed by atoms with E-state index in [2.05, 4.69) is 50.4 Å². The van der Waals surface area contributed by atoms with Crippen molar-refractivity contribution in [3.8, 4) is 0 Å². The lowest BCUT2D eigenvalue weighted by molar-refractivity contribution is 0.231. The van der Waals surface area contributed by atoms with Gasteiger partial charge in [0.2, 0.25) is 0 Å². The van der Waals surface area contributed by atoms with Crippen LogP contribution in [0.25, 0.3) is 0 Å². The Morgan fingerprint density at radius 3 is 2.27 bits per heavy atom. The minimum Gasteiger partial charge on any atom is -0.311 e. The number of hydrogen-bond acceptors (Lipinski definition) is 1. The Balaban J connectivity index is 2.04. The van der Waals surface area contributed by atoms with Crippen LogP contribution < -0.4 is 5.32 Å². The Labute approximate surface area is 92.9 Å². The zero-order chi connectivity index (χ0) is 10.9. The van der Waals surface area contributed by atoms with Gasteiger partial charge in [0.1, 0.15) is 0 Å². The van der Waals surface area contributed by atoms with Gasteiger partial charge in [-0.15, -0.1) is 0 Å². The second-order valence-corrected chi connectivity index (χ2v) is 5.31. The summed E-state index contributed by atoms with van der Waals surface area (Å²) in [6, 6.07) is 9.09. The predicted molar refractivity (Wildman–Crippen MR) is 65.3 cm³/mol. The van der Waals surface area contributed by atoms with Gasteiger partial charge in [0, 0.05) is 5.54 Å². The van der Waals surface area contributed by atoms with Crippen LogP contribution in [0.4, 0.5) is 0 Å². The van der Waals surface area contributed by atoms with E-state index in [0.717, 1.165) is 6.42 Å². The summed E-state index contributed by atoms with van der Waals surface area (Å²) in [7, 11) is 0. The van der Waals surface area contributed by atoms with E-state index in [9.17, 15) is 0 Å². The summed E-state index contributed by atoms with van der Waals surface area (Å²) >= 11 is 0. The van der Waals surface area contributed by atoms with E-state index in [-0.39, 0.29) is 0 Å². The van der Waals surface area contributed by atoms with Crippen molar-refractivity contribution < 1.29 is 0 Å². The smallest absolute Gasteiger partial charge is 0.0205 e. The van der Waals surface area contributed by atoms with Crippen LogP contribution in [0.5, 0.6) is 0 Å². The molecular weight excluding hydrogens is 182 g/mol. The average Bonchev–Trinajstić information content (AvgIpc) is 2.16. The SMILES string of the molecule is CC(C)c1ccc(CC2(C)CCN2)cc1. The van der Waals surface area contributed by atoms with Crippen molar-refractivity contribution in [2.75, 3.05) is 6.54 Å². The first-order chi connectivity index (χ1) is 7.09. The lowest BCUT2D eigenvalue weighted by Gasteiger charge is -2.40. The van der Waals surface area contributed by atoms with Gasteiger partial charge in [-0.1, -0.05) is 38.1 Å². The molecule has 1 aliphatic heterocycles. The van der Waals surface area contributed by atoms with Gasteiger partial charge in [0.25, 0.3) is 0 Å². The van der Waals surface area contributed by atoms with E-state index in [1.54, 1.807) is 0 Å². The molecule has 1 nitrogen and oxygen atoms in total. The van der Waals surface area contributed by atoms with E-state index in [1.165, 1.54) is 24.1 Å². The van der Waals surface area contributed by atoms with Crippen molar-refractivity contribution in [2.24, 2.45) is 0 Å². The van der Waals surface area contributed by atoms with Crippen LogP contribution in [0.2, 0.25) is 0 Å². The molecular formula is C14H21N. The monoisotopic (exact) mass is 203 g/mol. The fourth-order valence-corrected chi connectivity index (χ4v) is 2.17. The number of hydrogen-bond donors (Lipinski definition) is 1. The highest BCUT2D eigenvalue weighted by Gasteiger charge is 2.30. The maximum atomic E-state index is 3.51. The van der Waals surface area contributed by atoms with Gasteiger partial charge in [-0.25, -0.2) is 0 Å². The first-order valence-electron chi connectivity index (χ1n) is 5.93. The zero-order valence-corrected chi connectivity index (χ0v) is 10.0. The van der Waals surface area contributed by atoms with Crippen molar-refractivity contribution in [3.63, 3.8) is 0 Å². The van der Waals surface area contributed by atoms with Crippen molar-refractivity contribution in [2.45, 2.75) is 45.1 Å². The number of nitrogens with one attached hydrogen (secondary N) is 1. The average molecular weight is 203 g/mol. The van der Waals surface area contributed by atoms with Crippen molar-refractivity contribution in [1.29, 1.82) is 0 Å². The zero-order valence-electron chi connectivity index (χ0n) is 10.0. The molecule has 1 N–H and O–H groups in total. The van der Waals surface area contributed by atoms with Gasteiger partial charge < -0.3 is 5.32 Å². The molecule has 0 saturated carbocycles. The molecule has 0 bridgehead atoms. The maximum Gasteiger partial charge on any atom is 0.0205 e. The molecule has 1 saturated heterocycles. The molecule has 15 heavy (non-hydrogen) atoms. The molecule has 2 rings (SSSR count). The summed E-state index contributed by atoms with van der Waals surface area (Å²) in [6.07, 6.45) is 2.46. The van der Waals surface area contributed by atoms with Gasteiger partial charge in [-0.05, 0) is 43.4 Å². The summed E-state index contributed by atoms with van der Waals surface area (Å²) in [5, 5.41) is 3.51.